The van der Waals surface area contributed by atoms with Gasteiger partial charge < -0.3 is 11.1 Å². The molecule has 1 aliphatic carbocycles. The first-order valence-electron chi connectivity index (χ1n) is 8.48. The van der Waals surface area contributed by atoms with E-state index in [1.165, 1.54) is 31.5 Å². The monoisotopic (exact) mass is 339 g/mol. The van der Waals surface area contributed by atoms with Crippen molar-refractivity contribution in [2.75, 3.05) is 30.8 Å². The Kier molecular flexibility index (Phi) is 7.23. The van der Waals surface area contributed by atoms with Crippen LogP contribution in [0.1, 0.15) is 49.5 Å². The van der Waals surface area contributed by atoms with Crippen LogP contribution in [0.2, 0.25) is 0 Å². The predicted molar refractivity (Wildman–Crippen MR) is 96.8 cm³/mol. The number of hydrogen-bond donors (Lipinski definition) is 3. The normalized spacial score (nSPS) is 21.5. The van der Waals surface area contributed by atoms with Crippen LogP contribution in [0.3, 0.4) is 0 Å². The van der Waals surface area contributed by atoms with Gasteiger partial charge in [-0.15, -0.1) is 0 Å². The Bertz CT molecular complexity index is 485. The van der Waals surface area contributed by atoms with Crippen LogP contribution in [0.15, 0.2) is 6.20 Å². The Hall–Kier alpha value is -1.21. The number of aromatic amines is 1. The number of hydrogen-bond acceptors (Lipinski definition) is 5. The maximum absolute atomic E-state index is 12.2. The van der Waals surface area contributed by atoms with Crippen LogP contribution in [0.5, 0.6) is 0 Å². The van der Waals surface area contributed by atoms with Gasteiger partial charge in [-0.05, 0) is 44.9 Å². The molecule has 1 aromatic heterocycles. The highest BCUT2D eigenvalue weighted by molar-refractivity contribution is 7.98. The van der Waals surface area contributed by atoms with E-state index in [9.17, 15) is 4.79 Å². The number of carbonyl (C=O) groups excluding carboxylic acids is 1. The van der Waals surface area contributed by atoms with Crippen molar-refractivity contribution in [2.45, 2.75) is 51.1 Å². The van der Waals surface area contributed by atoms with E-state index in [1.807, 2.05) is 11.8 Å². The first-order valence-corrected chi connectivity index (χ1v) is 9.87. The Morgan fingerprint density at radius 1 is 1.43 bits per heavy atom. The van der Waals surface area contributed by atoms with Crippen molar-refractivity contribution in [1.29, 1.82) is 0 Å². The molecule has 0 unspecified atom stereocenters. The van der Waals surface area contributed by atoms with Crippen LogP contribution in [0.4, 0.5) is 5.69 Å². The minimum Gasteiger partial charge on any atom is -0.396 e. The number of nitrogens with one attached hydrogen (secondary N) is 2. The third kappa shape index (κ3) is 5.14. The fraction of sp³-hybridized carbons (Fsp3) is 0.750. The van der Waals surface area contributed by atoms with Crippen LogP contribution >= 0.6 is 11.8 Å². The molecule has 1 saturated carbocycles. The lowest BCUT2D eigenvalue weighted by Gasteiger charge is -2.37. The van der Waals surface area contributed by atoms with Gasteiger partial charge in [0.15, 0.2) is 0 Å². The van der Waals surface area contributed by atoms with E-state index in [2.05, 4.69) is 33.6 Å². The third-order valence-electron chi connectivity index (χ3n) is 4.54. The molecule has 23 heavy (non-hydrogen) atoms. The summed E-state index contributed by atoms with van der Waals surface area (Å²) in [5, 5.41) is 9.55. The lowest BCUT2D eigenvalue weighted by Crippen LogP contribution is -2.45. The zero-order chi connectivity index (χ0) is 16.7. The van der Waals surface area contributed by atoms with Crippen molar-refractivity contribution in [3.05, 3.63) is 11.9 Å². The van der Waals surface area contributed by atoms with Crippen LogP contribution in [0, 0.1) is 0 Å². The van der Waals surface area contributed by atoms with E-state index in [1.54, 1.807) is 0 Å². The topological polar surface area (TPSA) is 87.0 Å². The number of thioether (sulfide) groups is 1. The van der Waals surface area contributed by atoms with E-state index in [-0.39, 0.29) is 11.9 Å². The van der Waals surface area contributed by atoms with Crippen molar-refractivity contribution >= 4 is 23.4 Å². The molecular weight excluding hydrogens is 310 g/mol. The van der Waals surface area contributed by atoms with Gasteiger partial charge in [0.05, 0.1) is 11.9 Å². The average Bonchev–Trinajstić information content (AvgIpc) is 2.98. The second-order valence-corrected chi connectivity index (χ2v) is 7.19. The molecule has 1 heterocycles. The van der Waals surface area contributed by atoms with Gasteiger partial charge in [-0.25, -0.2) is 0 Å². The minimum atomic E-state index is -0.142. The summed E-state index contributed by atoms with van der Waals surface area (Å²) in [6, 6.07) is 0.901. The Labute approximate surface area is 143 Å². The molecular formula is C16H29N5OS. The van der Waals surface area contributed by atoms with E-state index in [4.69, 9.17) is 5.73 Å². The first-order chi connectivity index (χ1) is 11.2. The molecule has 6 nitrogen and oxygen atoms in total. The minimum absolute atomic E-state index is 0.142. The SMILES string of the molecule is CCCN(CCSC)C1CCC(NC(=O)c2[nH]ncc2N)CC1. The maximum atomic E-state index is 12.2. The summed E-state index contributed by atoms with van der Waals surface area (Å²) in [6.45, 7) is 4.58. The van der Waals surface area contributed by atoms with Gasteiger partial charge in [0, 0.05) is 24.4 Å². The largest absolute Gasteiger partial charge is 0.396 e. The number of aromatic nitrogens is 2. The molecule has 1 fully saturated rings. The van der Waals surface area contributed by atoms with Gasteiger partial charge in [0.25, 0.3) is 5.91 Å². The fourth-order valence-electron chi connectivity index (χ4n) is 3.29. The maximum Gasteiger partial charge on any atom is 0.271 e. The van der Waals surface area contributed by atoms with E-state index in [0.29, 0.717) is 17.4 Å². The summed E-state index contributed by atoms with van der Waals surface area (Å²) in [4.78, 5) is 14.8. The number of amides is 1. The Morgan fingerprint density at radius 2 is 2.17 bits per heavy atom. The number of nitrogens with zero attached hydrogens (tertiary/aromatic N) is 2. The zero-order valence-corrected chi connectivity index (χ0v) is 15.0. The van der Waals surface area contributed by atoms with E-state index < -0.39 is 0 Å². The van der Waals surface area contributed by atoms with Crippen LogP contribution in [-0.4, -0.2) is 58.2 Å². The summed E-state index contributed by atoms with van der Waals surface area (Å²) >= 11 is 1.91. The zero-order valence-electron chi connectivity index (χ0n) is 14.2. The lowest BCUT2D eigenvalue weighted by molar-refractivity contribution is 0.0901. The number of rotatable bonds is 8. The highest BCUT2D eigenvalue weighted by atomic mass is 32.2. The molecule has 7 heteroatoms. The highest BCUT2D eigenvalue weighted by Crippen LogP contribution is 2.24. The molecule has 0 bridgehead atoms. The quantitative estimate of drug-likeness (QED) is 0.675. The first kappa shape index (κ1) is 18.1. The third-order valence-corrected chi connectivity index (χ3v) is 5.13. The highest BCUT2D eigenvalue weighted by Gasteiger charge is 2.26. The number of H-pyrrole nitrogens is 1. The van der Waals surface area contributed by atoms with Crippen molar-refractivity contribution in [3.8, 4) is 0 Å². The Balaban J connectivity index is 1.80. The average molecular weight is 340 g/mol. The van der Waals surface area contributed by atoms with Crippen LogP contribution in [0.25, 0.3) is 0 Å². The van der Waals surface area contributed by atoms with Crippen molar-refractivity contribution in [1.82, 2.24) is 20.4 Å². The molecule has 4 N–H and O–H groups in total. The summed E-state index contributed by atoms with van der Waals surface area (Å²) in [7, 11) is 0. The number of carbonyl (C=O) groups is 1. The van der Waals surface area contributed by atoms with Gasteiger partial charge >= 0.3 is 0 Å². The van der Waals surface area contributed by atoms with Crippen LogP contribution in [-0.2, 0) is 0 Å². The lowest BCUT2D eigenvalue weighted by atomic mass is 9.90. The van der Waals surface area contributed by atoms with Gasteiger partial charge in [0.1, 0.15) is 5.69 Å². The molecule has 0 saturated heterocycles. The van der Waals surface area contributed by atoms with E-state index >= 15 is 0 Å². The standard InChI is InChI=1S/C16H29N5OS/c1-3-8-21(9-10-23-2)13-6-4-12(5-7-13)19-16(22)15-14(17)11-18-20-15/h11-13H,3-10,17H2,1-2H3,(H,18,20)(H,19,22). The fourth-order valence-corrected chi connectivity index (χ4v) is 3.71. The number of anilines is 1. The summed E-state index contributed by atoms with van der Waals surface area (Å²) in [5.41, 5.74) is 6.50. The second kappa shape index (κ2) is 9.17. The summed E-state index contributed by atoms with van der Waals surface area (Å²) in [6.07, 6.45) is 9.20. The van der Waals surface area contributed by atoms with Gasteiger partial charge in [-0.2, -0.15) is 16.9 Å². The van der Waals surface area contributed by atoms with Crippen molar-refractivity contribution in [2.24, 2.45) is 0 Å². The van der Waals surface area contributed by atoms with Crippen molar-refractivity contribution < 1.29 is 4.79 Å². The predicted octanol–water partition coefficient (Wildman–Crippen LogP) is 2.11. The Morgan fingerprint density at radius 3 is 2.74 bits per heavy atom. The number of nitrogen functional groups attached to an aromatic ring is 1. The molecule has 0 spiro atoms. The van der Waals surface area contributed by atoms with E-state index in [0.717, 1.165) is 25.7 Å². The molecule has 1 amide bonds. The molecule has 2 rings (SSSR count). The second-order valence-electron chi connectivity index (χ2n) is 6.21. The van der Waals surface area contributed by atoms with Gasteiger partial charge in [-0.1, -0.05) is 6.92 Å². The molecule has 1 aliphatic rings. The number of nitrogens with two attached hydrogens (primary N) is 1. The smallest absolute Gasteiger partial charge is 0.271 e. The summed E-state index contributed by atoms with van der Waals surface area (Å²) < 4.78 is 0. The molecule has 0 aromatic carbocycles. The molecule has 0 atom stereocenters. The molecule has 0 aliphatic heterocycles. The summed E-state index contributed by atoms with van der Waals surface area (Å²) in [5.74, 6) is 1.05. The van der Waals surface area contributed by atoms with Gasteiger partial charge in [0.2, 0.25) is 0 Å². The molecule has 0 radical (unpaired) electrons. The van der Waals surface area contributed by atoms with Gasteiger partial charge in [-0.3, -0.25) is 14.8 Å². The molecule has 130 valence electrons. The molecule has 1 aromatic rings. The van der Waals surface area contributed by atoms with Crippen molar-refractivity contribution in [3.63, 3.8) is 0 Å². The van der Waals surface area contributed by atoms with Crippen LogP contribution < -0.4 is 11.1 Å².